The van der Waals surface area contributed by atoms with Gasteiger partial charge in [-0.2, -0.15) is 4.98 Å². The molecular weight excluding hydrogens is 398 g/mol. The van der Waals surface area contributed by atoms with E-state index in [0.29, 0.717) is 47.0 Å². The molecule has 9 nitrogen and oxygen atoms in total. The summed E-state index contributed by atoms with van der Waals surface area (Å²) in [5, 5.41) is 15.6. The Bertz CT molecular complexity index is 1120. The van der Waals surface area contributed by atoms with Crippen molar-refractivity contribution in [2.24, 2.45) is 0 Å². The molecule has 0 aliphatic carbocycles. The summed E-state index contributed by atoms with van der Waals surface area (Å²) in [7, 11) is 4.74. The van der Waals surface area contributed by atoms with Crippen LogP contribution in [-0.4, -0.2) is 41.7 Å². The van der Waals surface area contributed by atoms with Crippen LogP contribution < -0.4 is 19.5 Å². The smallest absolute Gasteiger partial charge is 0.278 e. The van der Waals surface area contributed by atoms with Gasteiger partial charge in [0, 0.05) is 12.1 Å². The molecule has 0 saturated carbocycles. The minimum Gasteiger partial charge on any atom is -0.493 e. The fourth-order valence-electron chi connectivity index (χ4n) is 3.00. The van der Waals surface area contributed by atoms with Crippen LogP contribution in [0.15, 0.2) is 59.1 Å². The number of methoxy groups -OCH3 is 3. The maximum Gasteiger partial charge on any atom is 0.278 e. The lowest BCUT2D eigenvalue weighted by Gasteiger charge is -2.14. The Balaban J connectivity index is 1.46. The maximum absolute atomic E-state index is 5.39. The minimum absolute atomic E-state index is 0.308. The Morgan fingerprint density at radius 1 is 0.871 bits per heavy atom. The van der Waals surface area contributed by atoms with E-state index in [2.05, 4.69) is 25.7 Å². The second-order valence-electron chi connectivity index (χ2n) is 6.48. The lowest BCUT2D eigenvalue weighted by molar-refractivity contribution is 0.324. The van der Waals surface area contributed by atoms with Crippen LogP contribution in [0.4, 0.5) is 5.82 Å². The number of nitrogens with zero attached hydrogens (tertiary/aromatic N) is 4. The van der Waals surface area contributed by atoms with Crippen LogP contribution in [0.25, 0.3) is 23.0 Å². The van der Waals surface area contributed by atoms with Gasteiger partial charge in [0.05, 0.1) is 21.3 Å². The van der Waals surface area contributed by atoms with Crippen LogP contribution in [0, 0.1) is 0 Å². The SMILES string of the molecule is COc1cc(CNc2ccc(-c3nc(-c4ccccc4)no3)nn2)cc(OC)c1OC. The number of aromatic nitrogens is 4. The number of benzene rings is 2. The van der Waals surface area contributed by atoms with E-state index in [-0.39, 0.29) is 0 Å². The van der Waals surface area contributed by atoms with Crippen LogP contribution in [0.2, 0.25) is 0 Å². The Hall–Kier alpha value is -4.14. The van der Waals surface area contributed by atoms with Crippen molar-refractivity contribution < 1.29 is 18.7 Å². The van der Waals surface area contributed by atoms with Gasteiger partial charge in [0.2, 0.25) is 11.6 Å². The summed E-state index contributed by atoms with van der Waals surface area (Å²) >= 11 is 0. The van der Waals surface area contributed by atoms with Gasteiger partial charge in [-0.3, -0.25) is 0 Å². The van der Waals surface area contributed by atoms with E-state index < -0.39 is 0 Å². The molecule has 4 aromatic rings. The van der Waals surface area contributed by atoms with Crippen molar-refractivity contribution in [1.82, 2.24) is 20.3 Å². The number of rotatable bonds is 8. The lowest BCUT2D eigenvalue weighted by atomic mass is 10.1. The summed E-state index contributed by atoms with van der Waals surface area (Å²) in [5.41, 5.74) is 2.30. The molecule has 31 heavy (non-hydrogen) atoms. The van der Waals surface area contributed by atoms with Gasteiger partial charge in [-0.15, -0.1) is 10.2 Å². The molecule has 0 amide bonds. The Kier molecular flexibility index (Phi) is 5.93. The summed E-state index contributed by atoms with van der Waals surface area (Å²) in [6, 6.07) is 16.9. The average molecular weight is 419 g/mol. The molecule has 0 radical (unpaired) electrons. The standard InChI is InChI=1S/C22H21N5O4/c1-28-17-11-14(12-18(29-2)20(17)30-3)13-23-19-10-9-16(25-26-19)22-24-21(27-31-22)15-7-5-4-6-8-15/h4-12H,13H2,1-3H3,(H,23,26). The third-order valence-corrected chi connectivity index (χ3v) is 4.54. The van der Waals surface area contributed by atoms with E-state index in [0.717, 1.165) is 11.1 Å². The fourth-order valence-corrected chi connectivity index (χ4v) is 3.00. The maximum atomic E-state index is 5.39. The molecule has 1 N–H and O–H groups in total. The molecule has 4 rings (SSSR count). The van der Waals surface area contributed by atoms with Gasteiger partial charge < -0.3 is 24.1 Å². The lowest BCUT2D eigenvalue weighted by Crippen LogP contribution is -2.04. The topological polar surface area (TPSA) is 104 Å². The van der Waals surface area contributed by atoms with E-state index in [9.17, 15) is 0 Å². The first-order valence-electron chi connectivity index (χ1n) is 9.48. The number of anilines is 1. The Labute approximate surface area is 179 Å². The summed E-state index contributed by atoms with van der Waals surface area (Å²) in [4.78, 5) is 4.39. The number of hydrogen-bond donors (Lipinski definition) is 1. The van der Waals surface area contributed by atoms with E-state index >= 15 is 0 Å². The van der Waals surface area contributed by atoms with Crippen molar-refractivity contribution in [3.05, 3.63) is 60.2 Å². The second-order valence-corrected chi connectivity index (χ2v) is 6.48. The van der Waals surface area contributed by atoms with Gasteiger partial charge in [-0.25, -0.2) is 0 Å². The molecular formula is C22H21N5O4. The molecule has 0 saturated heterocycles. The first-order chi connectivity index (χ1) is 15.2. The van der Waals surface area contributed by atoms with Crippen molar-refractivity contribution in [2.45, 2.75) is 6.54 Å². The highest BCUT2D eigenvalue weighted by Crippen LogP contribution is 2.38. The van der Waals surface area contributed by atoms with Gasteiger partial charge >= 0.3 is 0 Å². The van der Waals surface area contributed by atoms with E-state index in [1.54, 1.807) is 33.5 Å². The molecule has 0 unspecified atom stereocenters. The Morgan fingerprint density at radius 3 is 2.23 bits per heavy atom. The first kappa shape index (κ1) is 20.1. The zero-order chi connectivity index (χ0) is 21.6. The van der Waals surface area contributed by atoms with Crippen molar-refractivity contribution in [3.63, 3.8) is 0 Å². The predicted octanol–water partition coefficient (Wildman–Crippen LogP) is 3.83. The van der Waals surface area contributed by atoms with Crippen molar-refractivity contribution >= 4 is 5.82 Å². The summed E-state index contributed by atoms with van der Waals surface area (Å²) in [5.74, 6) is 3.13. The molecule has 0 atom stereocenters. The quantitative estimate of drug-likeness (QED) is 0.456. The number of nitrogens with one attached hydrogen (secondary N) is 1. The highest BCUT2D eigenvalue weighted by Gasteiger charge is 2.14. The van der Waals surface area contributed by atoms with Crippen molar-refractivity contribution in [2.75, 3.05) is 26.6 Å². The number of hydrogen-bond acceptors (Lipinski definition) is 9. The van der Waals surface area contributed by atoms with Crippen molar-refractivity contribution in [1.29, 1.82) is 0 Å². The van der Waals surface area contributed by atoms with Gasteiger partial charge in [0.15, 0.2) is 17.2 Å². The normalized spacial score (nSPS) is 10.5. The Morgan fingerprint density at radius 2 is 1.61 bits per heavy atom. The third-order valence-electron chi connectivity index (χ3n) is 4.54. The van der Waals surface area contributed by atoms with Crippen LogP contribution >= 0.6 is 0 Å². The predicted molar refractivity (Wildman–Crippen MR) is 114 cm³/mol. The van der Waals surface area contributed by atoms with Gasteiger partial charge in [0.1, 0.15) is 5.82 Å². The fraction of sp³-hybridized carbons (Fsp3) is 0.182. The monoisotopic (exact) mass is 419 g/mol. The largest absolute Gasteiger partial charge is 0.493 e. The second kappa shape index (κ2) is 9.12. The first-order valence-corrected chi connectivity index (χ1v) is 9.48. The molecule has 0 bridgehead atoms. The van der Waals surface area contributed by atoms with Crippen LogP contribution in [0.5, 0.6) is 17.2 Å². The zero-order valence-corrected chi connectivity index (χ0v) is 17.3. The molecule has 0 aliphatic heterocycles. The van der Waals surface area contributed by atoms with Crippen LogP contribution in [0.3, 0.4) is 0 Å². The summed E-state index contributed by atoms with van der Waals surface area (Å²) in [6.07, 6.45) is 0. The van der Waals surface area contributed by atoms with E-state index in [4.69, 9.17) is 18.7 Å². The molecule has 2 aromatic heterocycles. The number of ether oxygens (including phenoxy) is 3. The molecule has 2 aromatic carbocycles. The van der Waals surface area contributed by atoms with Crippen LogP contribution in [-0.2, 0) is 6.54 Å². The molecule has 0 spiro atoms. The van der Waals surface area contributed by atoms with Gasteiger partial charge in [0.25, 0.3) is 5.89 Å². The molecule has 9 heteroatoms. The molecule has 2 heterocycles. The van der Waals surface area contributed by atoms with Gasteiger partial charge in [-0.1, -0.05) is 35.5 Å². The molecule has 0 fully saturated rings. The molecule has 158 valence electrons. The van der Waals surface area contributed by atoms with E-state index in [1.165, 1.54) is 0 Å². The van der Waals surface area contributed by atoms with E-state index in [1.807, 2.05) is 42.5 Å². The highest BCUT2D eigenvalue weighted by molar-refractivity contribution is 5.58. The highest BCUT2D eigenvalue weighted by atomic mass is 16.5. The van der Waals surface area contributed by atoms with Crippen LogP contribution in [0.1, 0.15) is 5.56 Å². The molecule has 0 aliphatic rings. The summed E-state index contributed by atoms with van der Waals surface area (Å²) < 4.78 is 21.4. The third kappa shape index (κ3) is 4.40. The van der Waals surface area contributed by atoms with Gasteiger partial charge in [-0.05, 0) is 29.8 Å². The summed E-state index contributed by atoms with van der Waals surface area (Å²) in [6.45, 7) is 0.490. The average Bonchev–Trinajstić information content (AvgIpc) is 3.33. The zero-order valence-electron chi connectivity index (χ0n) is 17.3. The minimum atomic E-state index is 0.308. The van der Waals surface area contributed by atoms with Crippen molar-refractivity contribution in [3.8, 4) is 40.2 Å².